The number of amides is 2. The summed E-state index contributed by atoms with van der Waals surface area (Å²) in [6.07, 6.45) is 1.25. The van der Waals surface area contributed by atoms with E-state index in [-0.39, 0.29) is 11.9 Å². The van der Waals surface area contributed by atoms with Crippen LogP contribution in [0.3, 0.4) is 0 Å². The molecule has 0 bridgehead atoms. The van der Waals surface area contributed by atoms with Gasteiger partial charge in [-0.3, -0.25) is 9.36 Å². The Kier molecular flexibility index (Phi) is 4.45. The Bertz CT molecular complexity index is 1030. The number of imidazole rings is 1. The van der Waals surface area contributed by atoms with Crippen LogP contribution < -0.4 is 5.32 Å². The van der Waals surface area contributed by atoms with Gasteiger partial charge in [0.1, 0.15) is 6.33 Å². The molecule has 1 saturated heterocycles. The molecule has 1 aliphatic heterocycles. The Labute approximate surface area is 160 Å². The molecule has 1 unspecified atom stereocenters. The average Bonchev–Trinajstić information content (AvgIpc) is 3.27. The van der Waals surface area contributed by atoms with Crippen LogP contribution in [0.1, 0.15) is 16.8 Å². The third kappa shape index (κ3) is 3.46. The number of likely N-dealkylation sites (tertiary alicyclic amines) is 1. The standard InChI is InChI=1S/C19H17ClN4O3/c20-13-2-1-3-15(9-13)24-11-21-16-8-12(4-5-17(16)24)18(25)23-7-6-14(10-23)22-19(26)27/h1-5,8-9,11,14,22H,6-7,10H2,(H,26,27). The van der Waals surface area contributed by atoms with Gasteiger partial charge in [0.05, 0.1) is 17.1 Å². The van der Waals surface area contributed by atoms with E-state index in [1.165, 1.54) is 0 Å². The summed E-state index contributed by atoms with van der Waals surface area (Å²) in [5, 5.41) is 11.9. The average molecular weight is 385 g/mol. The number of rotatable bonds is 3. The van der Waals surface area contributed by atoms with Crippen molar-refractivity contribution in [1.82, 2.24) is 19.8 Å². The fourth-order valence-corrected chi connectivity index (χ4v) is 3.58. The number of benzene rings is 2. The normalized spacial score (nSPS) is 16.6. The molecule has 2 aromatic carbocycles. The predicted octanol–water partition coefficient (Wildman–Crippen LogP) is 3.16. The van der Waals surface area contributed by atoms with Crippen molar-refractivity contribution in [1.29, 1.82) is 0 Å². The number of fused-ring (bicyclic) bond motifs is 1. The quantitative estimate of drug-likeness (QED) is 0.726. The molecule has 138 valence electrons. The van der Waals surface area contributed by atoms with Crippen LogP contribution >= 0.6 is 11.6 Å². The lowest BCUT2D eigenvalue weighted by molar-refractivity contribution is 0.0788. The number of nitrogens with one attached hydrogen (secondary N) is 1. The molecule has 1 fully saturated rings. The van der Waals surface area contributed by atoms with Crippen molar-refractivity contribution in [3.05, 3.63) is 59.4 Å². The van der Waals surface area contributed by atoms with Crippen LogP contribution in [-0.2, 0) is 0 Å². The summed E-state index contributed by atoms with van der Waals surface area (Å²) < 4.78 is 1.91. The van der Waals surface area contributed by atoms with Crippen LogP contribution in [0, 0.1) is 0 Å². The van der Waals surface area contributed by atoms with Crippen molar-refractivity contribution in [3.63, 3.8) is 0 Å². The first-order chi connectivity index (χ1) is 13.0. The van der Waals surface area contributed by atoms with Gasteiger partial charge in [-0.1, -0.05) is 17.7 Å². The second-order valence-electron chi connectivity index (χ2n) is 6.48. The first kappa shape index (κ1) is 17.4. The van der Waals surface area contributed by atoms with E-state index in [9.17, 15) is 9.59 Å². The predicted molar refractivity (Wildman–Crippen MR) is 102 cm³/mol. The molecule has 3 aromatic rings. The summed E-state index contributed by atoms with van der Waals surface area (Å²) in [5.74, 6) is -0.121. The summed E-state index contributed by atoms with van der Waals surface area (Å²) >= 11 is 6.07. The monoisotopic (exact) mass is 384 g/mol. The van der Waals surface area contributed by atoms with E-state index in [0.717, 1.165) is 11.2 Å². The zero-order valence-electron chi connectivity index (χ0n) is 14.3. The molecule has 0 saturated carbocycles. The minimum absolute atomic E-state index is 0.121. The Morgan fingerprint density at radius 3 is 2.85 bits per heavy atom. The minimum atomic E-state index is -1.07. The van der Waals surface area contributed by atoms with Gasteiger partial charge in [0.15, 0.2) is 0 Å². The van der Waals surface area contributed by atoms with Crippen LogP contribution in [0.4, 0.5) is 4.79 Å². The lowest BCUT2D eigenvalue weighted by Crippen LogP contribution is -2.37. The first-order valence-corrected chi connectivity index (χ1v) is 8.91. The third-order valence-corrected chi connectivity index (χ3v) is 4.92. The molecule has 4 rings (SSSR count). The highest BCUT2D eigenvalue weighted by Gasteiger charge is 2.28. The smallest absolute Gasteiger partial charge is 0.404 e. The summed E-state index contributed by atoms with van der Waals surface area (Å²) in [6.45, 7) is 0.902. The highest BCUT2D eigenvalue weighted by atomic mass is 35.5. The number of hydrogen-bond donors (Lipinski definition) is 2. The molecule has 1 aliphatic rings. The lowest BCUT2D eigenvalue weighted by atomic mass is 10.1. The zero-order chi connectivity index (χ0) is 19.0. The van der Waals surface area contributed by atoms with Crippen molar-refractivity contribution < 1.29 is 14.7 Å². The van der Waals surface area contributed by atoms with Crippen molar-refractivity contribution in [2.45, 2.75) is 12.5 Å². The van der Waals surface area contributed by atoms with Gasteiger partial charge >= 0.3 is 6.09 Å². The van der Waals surface area contributed by atoms with Crippen molar-refractivity contribution in [2.75, 3.05) is 13.1 Å². The fraction of sp³-hybridized carbons (Fsp3) is 0.211. The molecule has 0 aliphatic carbocycles. The molecule has 2 heterocycles. The van der Waals surface area contributed by atoms with Crippen LogP contribution in [0.2, 0.25) is 5.02 Å². The minimum Gasteiger partial charge on any atom is -0.465 e. The lowest BCUT2D eigenvalue weighted by Gasteiger charge is -2.16. The van der Waals surface area contributed by atoms with Crippen molar-refractivity contribution >= 4 is 34.6 Å². The maximum atomic E-state index is 12.7. The molecule has 0 radical (unpaired) electrons. The molecule has 2 amide bonds. The number of hydrogen-bond acceptors (Lipinski definition) is 3. The summed E-state index contributed by atoms with van der Waals surface area (Å²) in [5.41, 5.74) is 3.02. The second-order valence-corrected chi connectivity index (χ2v) is 6.92. The Hall–Kier alpha value is -3.06. The van der Waals surface area contributed by atoms with E-state index in [0.29, 0.717) is 35.6 Å². The van der Waals surface area contributed by atoms with E-state index in [4.69, 9.17) is 16.7 Å². The third-order valence-electron chi connectivity index (χ3n) is 4.68. The van der Waals surface area contributed by atoms with Gasteiger partial charge in [0.2, 0.25) is 0 Å². The van der Waals surface area contributed by atoms with E-state index in [2.05, 4.69) is 10.3 Å². The molecule has 2 N–H and O–H groups in total. The van der Waals surface area contributed by atoms with E-state index >= 15 is 0 Å². The highest BCUT2D eigenvalue weighted by Crippen LogP contribution is 2.23. The van der Waals surface area contributed by atoms with Gasteiger partial charge in [0.25, 0.3) is 5.91 Å². The number of halogens is 1. The molecule has 1 aromatic heterocycles. The van der Waals surface area contributed by atoms with Gasteiger partial charge in [-0.15, -0.1) is 0 Å². The number of carbonyl (C=O) groups is 2. The Morgan fingerprint density at radius 1 is 1.22 bits per heavy atom. The fourth-order valence-electron chi connectivity index (χ4n) is 3.40. The molecule has 1 atom stereocenters. The maximum absolute atomic E-state index is 12.7. The highest BCUT2D eigenvalue weighted by molar-refractivity contribution is 6.30. The van der Waals surface area contributed by atoms with Crippen molar-refractivity contribution in [3.8, 4) is 5.69 Å². The van der Waals surface area contributed by atoms with Crippen LogP contribution in [0.25, 0.3) is 16.7 Å². The van der Waals surface area contributed by atoms with E-state index in [1.54, 1.807) is 23.4 Å². The maximum Gasteiger partial charge on any atom is 0.404 e. The summed E-state index contributed by atoms with van der Waals surface area (Å²) in [6, 6.07) is 12.6. The topological polar surface area (TPSA) is 87.5 Å². The molecule has 8 heteroatoms. The Morgan fingerprint density at radius 2 is 2.07 bits per heavy atom. The molecular formula is C19H17ClN4O3. The number of carboxylic acid groups (broad SMARTS) is 1. The van der Waals surface area contributed by atoms with Gasteiger partial charge in [-0.25, -0.2) is 9.78 Å². The van der Waals surface area contributed by atoms with Gasteiger partial charge in [0, 0.05) is 29.4 Å². The number of carbonyl (C=O) groups excluding carboxylic acids is 1. The van der Waals surface area contributed by atoms with Gasteiger partial charge in [-0.2, -0.15) is 0 Å². The van der Waals surface area contributed by atoms with Gasteiger partial charge < -0.3 is 15.3 Å². The second kappa shape index (κ2) is 6.92. The molecule has 0 spiro atoms. The number of aromatic nitrogens is 2. The molecule has 27 heavy (non-hydrogen) atoms. The van der Waals surface area contributed by atoms with E-state index in [1.807, 2.05) is 34.9 Å². The summed E-state index contributed by atoms with van der Waals surface area (Å²) in [7, 11) is 0. The zero-order valence-corrected chi connectivity index (χ0v) is 15.1. The molecule has 7 nitrogen and oxygen atoms in total. The van der Waals surface area contributed by atoms with E-state index < -0.39 is 6.09 Å². The van der Waals surface area contributed by atoms with Crippen LogP contribution in [0.5, 0.6) is 0 Å². The van der Waals surface area contributed by atoms with Gasteiger partial charge in [-0.05, 0) is 42.8 Å². The SMILES string of the molecule is O=C(O)NC1CCN(C(=O)c2ccc3c(c2)ncn3-c2cccc(Cl)c2)C1. The molecular weight excluding hydrogens is 368 g/mol. The van der Waals surface area contributed by atoms with Crippen LogP contribution in [-0.4, -0.2) is 50.7 Å². The van der Waals surface area contributed by atoms with Crippen LogP contribution in [0.15, 0.2) is 48.8 Å². The Balaban J connectivity index is 1.58. The number of nitrogens with zero attached hydrogens (tertiary/aromatic N) is 3. The first-order valence-electron chi connectivity index (χ1n) is 8.53. The van der Waals surface area contributed by atoms with Crippen molar-refractivity contribution in [2.24, 2.45) is 0 Å². The summed E-state index contributed by atoms with van der Waals surface area (Å²) in [4.78, 5) is 29.6. The largest absolute Gasteiger partial charge is 0.465 e.